The third-order valence-corrected chi connectivity index (χ3v) is 13.8. The molecule has 15 nitrogen and oxygen atoms in total. The fourth-order valence-electron chi connectivity index (χ4n) is 8.21. The van der Waals surface area contributed by atoms with Crippen molar-refractivity contribution in [3.05, 3.63) is 124 Å². The smallest absolute Gasteiger partial charge is 0.274 e. The van der Waals surface area contributed by atoms with Crippen molar-refractivity contribution in [3.63, 3.8) is 0 Å². The molecular formula is C48H50ClN7O8S. The molecule has 0 atom stereocenters. The first kappa shape index (κ1) is 45.2. The number of nitriles is 1. The molecule has 3 aromatic heterocycles. The van der Waals surface area contributed by atoms with Gasteiger partial charge in [-0.1, -0.05) is 30.7 Å². The summed E-state index contributed by atoms with van der Waals surface area (Å²) in [5, 5.41) is 13.3. The number of amides is 1. The third kappa shape index (κ3) is 11.1. The minimum atomic E-state index is -3.30. The molecule has 0 spiro atoms. The standard InChI is InChI=1S/C48H50ClN7O8S/c1-3-65(59,60)30-31-7-14-44(41(23-31)42-29-55(2)47(58)45-40(42)15-18-51-45)64-38-6-4-5-37(24-38)62-22-21-61-35-16-19-56(20-17-35)48-52-27-33(28-53-48)46(57)54-34-9-12-36(13-10-34)63-39-11-8-32(26-50)43(49)25-39/h4-8,11,14-15,18,23-25,27-29,34-36,51H,3,9-10,12-13,16-17,19-22,30H2,1-2H3,(H,54,57)/t34-,36-. The second kappa shape index (κ2) is 20.2. The number of halogens is 1. The lowest BCUT2D eigenvalue weighted by atomic mass is 9.92. The number of hydrogen-bond donors (Lipinski definition) is 2. The van der Waals surface area contributed by atoms with Crippen molar-refractivity contribution in [1.82, 2.24) is 24.8 Å². The minimum absolute atomic E-state index is 0.0106. The molecule has 4 heterocycles. The van der Waals surface area contributed by atoms with Gasteiger partial charge >= 0.3 is 0 Å². The van der Waals surface area contributed by atoms with Crippen molar-refractivity contribution >= 4 is 44.2 Å². The van der Waals surface area contributed by atoms with Gasteiger partial charge in [-0.05, 0) is 86.6 Å². The Morgan fingerprint density at radius 2 is 1.69 bits per heavy atom. The lowest BCUT2D eigenvalue weighted by Crippen LogP contribution is -2.40. The number of fused-ring (bicyclic) bond motifs is 1. The Morgan fingerprint density at radius 3 is 2.43 bits per heavy atom. The molecule has 0 unspecified atom stereocenters. The number of aromatic amines is 1. The molecular weight excluding hydrogens is 870 g/mol. The number of nitrogens with one attached hydrogen (secondary N) is 2. The number of ether oxygens (including phenoxy) is 4. The molecule has 338 valence electrons. The van der Waals surface area contributed by atoms with Crippen LogP contribution in [0.5, 0.6) is 23.0 Å². The number of anilines is 1. The van der Waals surface area contributed by atoms with E-state index in [1.165, 1.54) is 4.57 Å². The summed E-state index contributed by atoms with van der Waals surface area (Å²) in [5.74, 6) is 2.53. The van der Waals surface area contributed by atoms with Crippen molar-refractivity contribution in [2.75, 3.05) is 37.0 Å². The lowest BCUT2D eigenvalue weighted by molar-refractivity contribution is 0.0201. The summed E-state index contributed by atoms with van der Waals surface area (Å²) in [7, 11) is -1.62. The molecule has 1 aliphatic carbocycles. The Bertz CT molecular complexity index is 2860. The van der Waals surface area contributed by atoms with E-state index < -0.39 is 9.84 Å². The highest BCUT2D eigenvalue weighted by Gasteiger charge is 2.26. The number of sulfone groups is 1. The first-order valence-electron chi connectivity index (χ1n) is 21.7. The number of aryl methyl sites for hydroxylation is 1. The van der Waals surface area contributed by atoms with E-state index in [9.17, 15) is 18.0 Å². The van der Waals surface area contributed by atoms with Gasteiger partial charge in [-0.25, -0.2) is 18.4 Å². The summed E-state index contributed by atoms with van der Waals surface area (Å²) >= 11 is 6.15. The van der Waals surface area contributed by atoms with E-state index in [-0.39, 0.29) is 41.2 Å². The van der Waals surface area contributed by atoms with Gasteiger partial charge in [0.05, 0.1) is 40.7 Å². The van der Waals surface area contributed by atoms with Gasteiger partial charge in [0.25, 0.3) is 11.5 Å². The van der Waals surface area contributed by atoms with E-state index in [4.69, 9.17) is 35.8 Å². The third-order valence-electron chi connectivity index (χ3n) is 11.8. The van der Waals surface area contributed by atoms with Crippen LogP contribution in [0.1, 0.15) is 66.9 Å². The van der Waals surface area contributed by atoms with Crippen molar-refractivity contribution in [1.29, 1.82) is 5.26 Å². The van der Waals surface area contributed by atoms with Crippen LogP contribution < -0.4 is 30.0 Å². The van der Waals surface area contributed by atoms with E-state index in [0.717, 1.165) is 44.1 Å². The van der Waals surface area contributed by atoms with E-state index in [2.05, 4.69) is 31.2 Å². The van der Waals surface area contributed by atoms with E-state index in [1.54, 1.807) is 75.2 Å². The van der Waals surface area contributed by atoms with Crippen LogP contribution in [-0.4, -0.2) is 84.1 Å². The number of carbonyl (C=O) groups is 1. The molecule has 1 aliphatic heterocycles. The summed E-state index contributed by atoms with van der Waals surface area (Å²) < 4.78 is 51.4. The highest BCUT2D eigenvalue weighted by atomic mass is 35.5. The van der Waals surface area contributed by atoms with Crippen LogP contribution in [0.25, 0.3) is 22.0 Å². The predicted molar refractivity (Wildman–Crippen MR) is 248 cm³/mol. The Labute approximate surface area is 382 Å². The zero-order valence-electron chi connectivity index (χ0n) is 36.2. The first-order valence-corrected chi connectivity index (χ1v) is 23.9. The predicted octanol–water partition coefficient (Wildman–Crippen LogP) is 7.76. The molecule has 2 aliphatic rings. The number of aromatic nitrogens is 4. The van der Waals surface area contributed by atoms with Crippen LogP contribution >= 0.6 is 11.6 Å². The van der Waals surface area contributed by atoms with Crippen LogP contribution in [-0.2, 0) is 27.4 Å². The van der Waals surface area contributed by atoms with E-state index in [1.807, 2.05) is 30.3 Å². The average molecular weight is 920 g/mol. The molecule has 0 radical (unpaired) electrons. The maximum absolute atomic E-state index is 13.0. The first-order chi connectivity index (χ1) is 31.4. The zero-order valence-corrected chi connectivity index (χ0v) is 37.7. The number of benzene rings is 3. The monoisotopic (exact) mass is 919 g/mol. The second-order valence-corrected chi connectivity index (χ2v) is 19.1. The Morgan fingerprint density at radius 1 is 0.923 bits per heavy atom. The Balaban J connectivity index is 0.787. The maximum atomic E-state index is 13.0. The molecule has 1 saturated heterocycles. The number of H-pyrrole nitrogens is 1. The number of pyridine rings is 1. The largest absolute Gasteiger partial charge is 0.491 e. The van der Waals surface area contributed by atoms with Gasteiger partial charge in [0, 0.05) is 85.4 Å². The molecule has 17 heteroatoms. The number of nitrogens with zero attached hydrogens (tertiary/aromatic N) is 5. The molecule has 8 rings (SSSR count). The summed E-state index contributed by atoms with van der Waals surface area (Å²) in [4.78, 5) is 40.0. The molecule has 2 N–H and O–H groups in total. The van der Waals surface area contributed by atoms with Gasteiger partial charge in [-0.2, -0.15) is 5.26 Å². The van der Waals surface area contributed by atoms with E-state index >= 15 is 0 Å². The number of hydrogen-bond acceptors (Lipinski definition) is 12. The molecule has 3 aromatic carbocycles. The average Bonchev–Trinajstić information content (AvgIpc) is 3.81. The fourth-order valence-corrected chi connectivity index (χ4v) is 9.31. The minimum Gasteiger partial charge on any atom is -0.491 e. The number of rotatable bonds is 16. The number of carbonyl (C=O) groups excluding carboxylic acids is 1. The molecule has 6 aromatic rings. The Hall–Kier alpha value is -6.41. The summed E-state index contributed by atoms with van der Waals surface area (Å²) in [6.45, 7) is 3.77. The zero-order chi connectivity index (χ0) is 45.5. The molecule has 65 heavy (non-hydrogen) atoms. The number of piperidine rings is 1. The lowest BCUT2D eigenvalue weighted by Gasteiger charge is -2.32. The maximum Gasteiger partial charge on any atom is 0.274 e. The van der Waals surface area contributed by atoms with Crippen LogP contribution in [0.15, 0.2) is 96.3 Å². The van der Waals surface area contributed by atoms with Gasteiger partial charge in [-0.3, -0.25) is 9.59 Å². The van der Waals surface area contributed by atoms with E-state index in [0.29, 0.717) is 93.4 Å². The van der Waals surface area contributed by atoms with Crippen LogP contribution in [0.3, 0.4) is 0 Å². The van der Waals surface area contributed by atoms with Crippen molar-refractivity contribution in [2.45, 2.75) is 69.5 Å². The normalized spacial score (nSPS) is 16.8. The highest BCUT2D eigenvalue weighted by molar-refractivity contribution is 7.90. The van der Waals surface area contributed by atoms with Gasteiger partial charge in [-0.15, -0.1) is 0 Å². The van der Waals surface area contributed by atoms with Crippen molar-refractivity contribution < 1.29 is 32.2 Å². The quantitative estimate of drug-likeness (QED) is 0.0899. The SMILES string of the molecule is CCS(=O)(=O)Cc1ccc(Oc2cccc(OCCOC3CCN(c4ncc(C(=O)N[C@H]5CC[C@H](Oc6ccc(C#N)c(Cl)c6)CC5)cn4)CC3)c2)c(-c2cn(C)c(=O)c3[nH]ccc23)c1. The van der Waals surface area contributed by atoms with Gasteiger partial charge in [0.2, 0.25) is 5.95 Å². The van der Waals surface area contributed by atoms with Gasteiger partial charge in [0.1, 0.15) is 41.2 Å². The second-order valence-electron chi connectivity index (χ2n) is 16.3. The summed E-state index contributed by atoms with van der Waals surface area (Å²) in [6, 6.07) is 21.6. The summed E-state index contributed by atoms with van der Waals surface area (Å²) in [5.41, 5.74) is 3.08. The van der Waals surface area contributed by atoms with Crippen LogP contribution in [0.2, 0.25) is 5.02 Å². The summed E-state index contributed by atoms with van der Waals surface area (Å²) in [6.07, 6.45) is 11.4. The molecule has 1 amide bonds. The topological polar surface area (TPSA) is 191 Å². The van der Waals surface area contributed by atoms with Gasteiger partial charge in [0.15, 0.2) is 9.84 Å². The van der Waals surface area contributed by atoms with Gasteiger partial charge < -0.3 is 38.7 Å². The highest BCUT2D eigenvalue weighted by Crippen LogP contribution is 2.38. The Kier molecular flexibility index (Phi) is 14.0. The van der Waals surface area contributed by atoms with Crippen molar-refractivity contribution in [2.24, 2.45) is 7.05 Å². The van der Waals surface area contributed by atoms with Crippen molar-refractivity contribution in [3.8, 4) is 40.2 Å². The van der Waals surface area contributed by atoms with Crippen LogP contribution in [0.4, 0.5) is 5.95 Å². The molecule has 0 bridgehead atoms. The van der Waals surface area contributed by atoms with Crippen LogP contribution in [0, 0.1) is 11.3 Å². The molecule has 2 fully saturated rings. The fraction of sp³-hybridized carbons (Fsp3) is 0.354. The molecule has 1 saturated carbocycles.